The molecule has 0 aliphatic heterocycles. The summed E-state index contributed by atoms with van der Waals surface area (Å²) in [4.78, 5) is 23.6. The average Bonchev–Trinajstić information content (AvgIpc) is 2.40. The number of aliphatic hydroxyl groups is 1. The number of carboxylic acid groups (broad SMARTS) is 1. The zero-order valence-electron chi connectivity index (χ0n) is 11.7. The molecule has 116 valence electrons. The Bertz CT molecular complexity index is 523. The maximum absolute atomic E-state index is 13.7. The van der Waals surface area contributed by atoms with Gasteiger partial charge in [0.25, 0.3) is 0 Å². The molecule has 0 fully saturated rings. The van der Waals surface area contributed by atoms with Gasteiger partial charge in [0.2, 0.25) is 0 Å². The number of aliphatic hydroxyl groups excluding tert-OH is 1. The molecule has 1 atom stereocenters. The molecule has 1 unspecified atom stereocenters. The summed E-state index contributed by atoms with van der Waals surface area (Å²) in [6.07, 6.45) is -0.856. The summed E-state index contributed by atoms with van der Waals surface area (Å²) in [5, 5.41) is 20.5. The maximum Gasteiger partial charge on any atom is 0.335 e. The normalized spacial score (nSPS) is 11.8. The van der Waals surface area contributed by atoms with Crippen molar-refractivity contribution in [2.75, 3.05) is 32.6 Å². The largest absolute Gasteiger partial charge is 0.478 e. The summed E-state index contributed by atoms with van der Waals surface area (Å²) < 4.78 is 18.4. The van der Waals surface area contributed by atoms with Crippen LogP contribution in [-0.2, 0) is 4.74 Å². The molecule has 8 heteroatoms. The lowest BCUT2D eigenvalue weighted by molar-refractivity contribution is 0.0501. The van der Waals surface area contributed by atoms with Gasteiger partial charge in [0.15, 0.2) is 0 Å². The number of anilines is 1. The van der Waals surface area contributed by atoms with Gasteiger partial charge in [-0.3, -0.25) is 0 Å². The number of ether oxygens (including phenoxy) is 1. The van der Waals surface area contributed by atoms with E-state index < -0.39 is 23.9 Å². The number of halogens is 1. The van der Waals surface area contributed by atoms with Crippen molar-refractivity contribution in [2.24, 2.45) is 0 Å². The third kappa shape index (κ3) is 5.01. The minimum Gasteiger partial charge on any atom is -0.478 e. The number of urea groups is 1. The number of hydrogen-bond donors (Lipinski definition) is 3. The van der Waals surface area contributed by atoms with Gasteiger partial charge in [0, 0.05) is 14.2 Å². The van der Waals surface area contributed by atoms with Gasteiger partial charge in [-0.25, -0.2) is 14.0 Å². The summed E-state index contributed by atoms with van der Waals surface area (Å²) in [7, 11) is 2.85. The number of rotatable bonds is 6. The third-order valence-corrected chi connectivity index (χ3v) is 2.65. The minimum atomic E-state index is -1.26. The van der Waals surface area contributed by atoms with Gasteiger partial charge < -0.3 is 25.2 Å². The predicted octanol–water partition coefficient (Wildman–Crippen LogP) is 0.995. The van der Waals surface area contributed by atoms with Crippen LogP contribution in [0.4, 0.5) is 14.9 Å². The van der Waals surface area contributed by atoms with Gasteiger partial charge in [-0.05, 0) is 18.2 Å². The summed E-state index contributed by atoms with van der Waals surface area (Å²) in [6, 6.07) is 2.53. The van der Waals surface area contributed by atoms with E-state index in [9.17, 15) is 19.1 Å². The van der Waals surface area contributed by atoms with E-state index in [1.807, 2.05) is 0 Å². The highest BCUT2D eigenvalue weighted by molar-refractivity contribution is 5.91. The van der Waals surface area contributed by atoms with Crippen molar-refractivity contribution in [3.63, 3.8) is 0 Å². The number of benzene rings is 1. The third-order valence-electron chi connectivity index (χ3n) is 2.65. The highest BCUT2D eigenvalue weighted by Gasteiger charge is 2.16. The van der Waals surface area contributed by atoms with Crippen LogP contribution in [0.25, 0.3) is 0 Å². The quantitative estimate of drug-likeness (QED) is 0.728. The first-order chi connectivity index (χ1) is 9.85. The Kier molecular flexibility index (Phi) is 6.07. The van der Waals surface area contributed by atoms with Crippen LogP contribution in [0, 0.1) is 5.82 Å². The number of carbonyl (C=O) groups excluding carboxylic acids is 1. The highest BCUT2D eigenvalue weighted by Crippen LogP contribution is 2.16. The smallest absolute Gasteiger partial charge is 0.335 e. The lowest BCUT2D eigenvalue weighted by Crippen LogP contribution is -2.38. The van der Waals surface area contributed by atoms with Crippen LogP contribution in [0.2, 0.25) is 0 Å². The van der Waals surface area contributed by atoms with Crippen molar-refractivity contribution >= 4 is 17.7 Å². The lowest BCUT2D eigenvalue weighted by atomic mass is 10.2. The van der Waals surface area contributed by atoms with E-state index in [1.54, 1.807) is 0 Å². The molecule has 21 heavy (non-hydrogen) atoms. The summed E-state index contributed by atoms with van der Waals surface area (Å²) in [5.41, 5.74) is -0.354. The number of nitrogens with zero attached hydrogens (tertiary/aromatic N) is 1. The Morgan fingerprint density at radius 2 is 2.14 bits per heavy atom. The molecule has 3 N–H and O–H groups in total. The second kappa shape index (κ2) is 7.55. The average molecular weight is 300 g/mol. The second-order valence-electron chi connectivity index (χ2n) is 4.42. The van der Waals surface area contributed by atoms with Crippen LogP contribution in [0.15, 0.2) is 18.2 Å². The van der Waals surface area contributed by atoms with Gasteiger partial charge in [-0.2, -0.15) is 0 Å². The fourth-order valence-corrected chi connectivity index (χ4v) is 1.60. The van der Waals surface area contributed by atoms with E-state index in [1.165, 1.54) is 20.2 Å². The van der Waals surface area contributed by atoms with Crippen LogP contribution in [-0.4, -0.2) is 60.5 Å². The van der Waals surface area contributed by atoms with Gasteiger partial charge in [0.1, 0.15) is 5.82 Å². The first-order valence-corrected chi connectivity index (χ1v) is 6.07. The molecule has 7 nitrogen and oxygen atoms in total. The van der Waals surface area contributed by atoms with E-state index in [0.717, 1.165) is 17.0 Å². The molecule has 0 bridgehead atoms. The van der Waals surface area contributed by atoms with Crippen molar-refractivity contribution in [1.29, 1.82) is 0 Å². The number of aromatic carboxylic acids is 1. The predicted molar refractivity (Wildman–Crippen MR) is 72.9 cm³/mol. The monoisotopic (exact) mass is 300 g/mol. The Balaban J connectivity index is 2.68. The van der Waals surface area contributed by atoms with Crippen LogP contribution in [0.1, 0.15) is 10.4 Å². The zero-order chi connectivity index (χ0) is 16.0. The fourth-order valence-electron chi connectivity index (χ4n) is 1.60. The van der Waals surface area contributed by atoms with E-state index in [2.05, 4.69) is 5.32 Å². The van der Waals surface area contributed by atoms with Crippen molar-refractivity contribution in [3.05, 3.63) is 29.6 Å². The highest BCUT2D eigenvalue weighted by atomic mass is 19.1. The molecule has 0 aliphatic rings. The van der Waals surface area contributed by atoms with Crippen LogP contribution in [0.5, 0.6) is 0 Å². The molecule has 0 radical (unpaired) electrons. The Morgan fingerprint density at radius 3 is 2.67 bits per heavy atom. The van der Waals surface area contributed by atoms with Crippen molar-refractivity contribution in [3.8, 4) is 0 Å². The number of methoxy groups -OCH3 is 1. The first kappa shape index (κ1) is 16.9. The number of likely N-dealkylation sites (N-methyl/N-ethyl adjacent to an activating group) is 1. The number of carboxylic acids is 1. The molecular weight excluding hydrogens is 283 g/mol. The Labute approximate surface area is 120 Å². The SMILES string of the molecule is COCC(O)CN(C)C(=O)Nc1ccc(C(=O)O)cc1F. The maximum atomic E-state index is 13.7. The van der Waals surface area contributed by atoms with E-state index in [-0.39, 0.29) is 24.4 Å². The van der Waals surface area contributed by atoms with Crippen LogP contribution < -0.4 is 5.32 Å². The lowest BCUT2D eigenvalue weighted by Gasteiger charge is -2.21. The first-order valence-electron chi connectivity index (χ1n) is 6.07. The molecule has 0 saturated heterocycles. The standard InChI is InChI=1S/C13H17FN2O5/c1-16(6-9(17)7-21-2)13(20)15-11-4-3-8(12(18)19)5-10(11)14/h3-5,9,17H,6-7H2,1-2H3,(H,15,20)(H,18,19). The zero-order valence-corrected chi connectivity index (χ0v) is 11.7. The molecule has 0 aromatic heterocycles. The molecule has 0 spiro atoms. The second-order valence-corrected chi connectivity index (χ2v) is 4.42. The van der Waals surface area contributed by atoms with Crippen molar-refractivity contribution < 1.29 is 28.9 Å². The molecule has 0 saturated carbocycles. The molecule has 0 aliphatic carbocycles. The number of amides is 2. The number of hydrogen-bond acceptors (Lipinski definition) is 4. The summed E-state index contributed by atoms with van der Waals surface area (Å²) in [5.74, 6) is -2.11. The van der Waals surface area contributed by atoms with Gasteiger partial charge >= 0.3 is 12.0 Å². The fraction of sp³-hybridized carbons (Fsp3) is 0.385. The van der Waals surface area contributed by atoms with Crippen molar-refractivity contribution in [2.45, 2.75) is 6.10 Å². The minimum absolute atomic E-state index is 0.00843. The summed E-state index contributed by atoms with van der Waals surface area (Å²) in [6.45, 7) is 0.0772. The van der Waals surface area contributed by atoms with Crippen molar-refractivity contribution in [1.82, 2.24) is 4.90 Å². The molecular formula is C13H17FN2O5. The van der Waals surface area contributed by atoms with Crippen LogP contribution in [0.3, 0.4) is 0 Å². The van der Waals surface area contributed by atoms with E-state index in [4.69, 9.17) is 9.84 Å². The van der Waals surface area contributed by atoms with Gasteiger partial charge in [-0.1, -0.05) is 0 Å². The van der Waals surface area contributed by atoms with Crippen LogP contribution >= 0.6 is 0 Å². The topological polar surface area (TPSA) is 99.1 Å². The van der Waals surface area contributed by atoms with E-state index >= 15 is 0 Å². The molecule has 1 aromatic carbocycles. The molecule has 0 heterocycles. The Morgan fingerprint density at radius 1 is 1.48 bits per heavy atom. The van der Waals surface area contributed by atoms with Gasteiger partial charge in [-0.15, -0.1) is 0 Å². The number of carbonyl (C=O) groups is 2. The number of nitrogens with one attached hydrogen (secondary N) is 1. The molecule has 2 amide bonds. The molecule has 1 rings (SSSR count). The molecule has 1 aromatic rings. The van der Waals surface area contributed by atoms with E-state index in [0.29, 0.717) is 0 Å². The summed E-state index contributed by atoms with van der Waals surface area (Å²) >= 11 is 0. The Hall–Kier alpha value is -2.19. The van der Waals surface area contributed by atoms with Gasteiger partial charge in [0.05, 0.1) is 30.5 Å².